The molecular formula is C22H32N4O3S. The summed E-state index contributed by atoms with van der Waals surface area (Å²) < 4.78 is 29.7. The van der Waals surface area contributed by atoms with E-state index < -0.39 is 10.0 Å². The van der Waals surface area contributed by atoms with Gasteiger partial charge in [-0.2, -0.15) is 9.40 Å². The second kappa shape index (κ2) is 9.31. The zero-order chi connectivity index (χ0) is 21.9. The standard InChI is InChI=1S/C22H32N4O3S/c1-5-25(19-9-7-6-8-10-19)30(28,29)20-13-11-18(12-14-20)22(27)23-21-15-17(4)24-26(21)16(2)3/h11-16,19H,5-10H2,1-4H3,(H,23,27). The number of aryl methyl sites for hydroxylation is 1. The van der Waals surface area contributed by atoms with E-state index in [0.29, 0.717) is 17.9 Å². The van der Waals surface area contributed by atoms with Crippen molar-refractivity contribution in [1.29, 1.82) is 0 Å². The molecular weight excluding hydrogens is 400 g/mol. The Morgan fingerprint density at radius 1 is 1.20 bits per heavy atom. The molecule has 164 valence electrons. The van der Waals surface area contributed by atoms with E-state index in [1.54, 1.807) is 21.1 Å². The normalized spacial score (nSPS) is 15.7. The van der Waals surface area contributed by atoms with Gasteiger partial charge in [0, 0.05) is 30.3 Å². The lowest BCUT2D eigenvalue weighted by Crippen LogP contribution is -2.41. The van der Waals surface area contributed by atoms with Gasteiger partial charge in [-0.1, -0.05) is 26.2 Å². The molecule has 0 atom stereocenters. The Morgan fingerprint density at radius 2 is 1.83 bits per heavy atom. The molecule has 0 unspecified atom stereocenters. The molecule has 8 heteroatoms. The van der Waals surface area contributed by atoms with Gasteiger partial charge in [0.15, 0.2) is 0 Å². The van der Waals surface area contributed by atoms with Gasteiger partial charge in [-0.25, -0.2) is 13.1 Å². The van der Waals surface area contributed by atoms with Gasteiger partial charge >= 0.3 is 0 Å². The molecule has 1 saturated carbocycles. The van der Waals surface area contributed by atoms with E-state index in [1.807, 2.05) is 33.8 Å². The second-order valence-corrected chi connectivity index (χ2v) is 10.1. The summed E-state index contributed by atoms with van der Waals surface area (Å²) in [7, 11) is -3.58. The van der Waals surface area contributed by atoms with Crippen LogP contribution in [0.15, 0.2) is 35.2 Å². The molecule has 1 aliphatic carbocycles. The van der Waals surface area contributed by atoms with Gasteiger partial charge in [-0.05, 0) is 57.9 Å². The first-order chi connectivity index (χ1) is 14.2. The Bertz CT molecular complexity index is 974. The van der Waals surface area contributed by atoms with E-state index in [0.717, 1.165) is 31.4 Å². The van der Waals surface area contributed by atoms with Crippen LogP contribution < -0.4 is 5.32 Å². The van der Waals surface area contributed by atoms with Crippen LogP contribution in [0.3, 0.4) is 0 Å². The minimum atomic E-state index is -3.58. The second-order valence-electron chi connectivity index (χ2n) is 8.19. The van der Waals surface area contributed by atoms with Crippen molar-refractivity contribution in [2.45, 2.75) is 76.8 Å². The summed E-state index contributed by atoms with van der Waals surface area (Å²) in [4.78, 5) is 12.9. The number of nitrogens with zero attached hydrogens (tertiary/aromatic N) is 3. The predicted molar refractivity (Wildman–Crippen MR) is 118 cm³/mol. The molecule has 1 amide bonds. The van der Waals surface area contributed by atoms with Crippen LogP contribution in [-0.4, -0.2) is 41.0 Å². The lowest BCUT2D eigenvalue weighted by atomic mass is 9.95. The number of nitrogens with one attached hydrogen (secondary N) is 1. The quantitative estimate of drug-likeness (QED) is 0.704. The lowest BCUT2D eigenvalue weighted by Gasteiger charge is -2.32. The van der Waals surface area contributed by atoms with Crippen molar-refractivity contribution in [3.63, 3.8) is 0 Å². The first kappa shape index (κ1) is 22.5. The fourth-order valence-electron chi connectivity index (χ4n) is 4.10. The number of benzene rings is 1. The van der Waals surface area contributed by atoms with Crippen LogP contribution in [0.25, 0.3) is 0 Å². The van der Waals surface area contributed by atoms with Gasteiger partial charge in [0.1, 0.15) is 5.82 Å². The van der Waals surface area contributed by atoms with Gasteiger partial charge in [0.05, 0.1) is 10.6 Å². The first-order valence-corrected chi connectivity index (χ1v) is 12.2. The molecule has 0 saturated heterocycles. The molecule has 0 radical (unpaired) electrons. The minimum absolute atomic E-state index is 0.0660. The van der Waals surface area contributed by atoms with Gasteiger partial charge in [0.25, 0.3) is 5.91 Å². The maximum Gasteiger partial charge on any atom is 0.256 e. The summed E-state index contributed by atoms with van der Waals surface area (Å²) in [5, 5.41) is 7.27. The lowest BCUT2D eigenvalue weighted by molar-refractivity contribution is 0.102. The molecule has 0 aliphatic heterocycles. The number of amides is 1. The fraction of sp³-hybridized carbons (Fsp3) is 0.545. The van der Waals surface area contributed by atoms with Gasteiger partial charge in [-0.3, -0.25) is 4.79 Å². The highest BCUT2D eigenvalue weighted by Crippen LogP contribution is 2.28. The number of rotatable bonds is 7. The third kappa shape index (κ3) is 4.75. The molecule has 1 heterocycles. The Hall–Kier alpha value is -2.19. The molecule has 1 aromatic heterocycles. The highest BCUT2D eigenvalue weighted by Gasteiger charge is 2.31. The Labute approximate surface area is 179 Å². The Balaban J connectivity index is 1.77. The number of hydrogen-bond acceptors (Lipinski definition) is 4. The van der Waals surface area contributed by atoms with Crippen LogP contribution in [0.2, 0.25) is 0 Å². The van der Waals surface area contributed by atoms with Crippen LogP contribution in [0.1, 0.15) is 75.0 Å². The molecule has 2 aromatic rings. The van der Waals surface area contributed by atoms with Gasteiger partial charge in [0.2, 0.25) is 10.0 Å². The van der Waals surface area contributed by atoms with Gasteiger partial charge in [-0.15, -0.1) is 0 Å². The summed E-state index contributed by atoms with van der Waals surface area (Å²) in [6, 6.07) is 8.19. The van der Waals surface area contributed by atoms with E-state index in [2.05, 4.69) is 10.4 Å². The number of anilines is 1. The first-order valence-electron chi connectivity index (χ1n) is 10.7. The average Bonchev–Trinajstić information content (AvgIpc) is 3.09. The van der Waals surface area contributed by atoms with Crippen molar-refractivity contribution in [1.82, 2.24) is 14.1 Å². The summed E-state index contributed by atoms with van der Waals surface area (Å²) in [6.45, 7) is 8.20. The van der Waals surface area contributed by atoms with Crippen LogP contribution in [0.4, 0.5) is 5.82 Å². The SMILES string of the molecule is CCN(C1CCCCC1)S(=O)(=O)c1ccc(C(=O)Nc2cc(C)nn2C(C)C)cc1. The third-order valence-electron chi connectivity index (χ3n) is 5.61. The zero-order valence-electron chi connectivity index (χ0n) is 18.3. The molecule has 0 bridgehead atoms. The Kier molecular flexibility index (Phi) is 6.98. The van der Waals surface area contributed by atoms with Crippen molar-refractivity contribution in [2.24, 2.45) is 0 Å². The molecule has 1 fully saturated rings. The molecule has 30 heavy (non-hydrogen) atoms. The van der Waals surface area contributed by atoms with E-state index in [4.69, 9.17) is 0 Å². The van der Waals surface area contributed by atoms with Crippen molar-refractivity contribution in [3.05, 3.63) is 41.6 Å². The fourth-order valence-corrected chi connectivity index (χ4v) is 5.79. The third-order valence-corrected chi connectivity index (χ3v) is 7.65. The van der Waals surface area contributed by atoms with E-state index in [-0.39, 0.29) is 22.9 Å². The molecule has 0 spiro atoms. The summed E-state index contributed by atoms with van der Waals surface area (Å²) in [6.07, 6.45) is 5.14. The molecule has 1 aromatic carbocycles. The minimum Gasteiger partial charge on any atom is -0.307 e. The number of hydrogen-bond donors (Lipinski definition) is 1. The van der Waals surface area contributed by atoms with E-state index in [1.165, 1.54) is 18.6 Å². The van der Waals surface area contributed by atoms with Crippen LogP contribution in [0.5, 0.6) is 0 Å². The summed E-state index contributed by atoms with van der Waals surface area (Å²) in [5.41, 5.74) is 1.23. The van der Waals surface area contributed by atoms with Gasteiger partial charge < -0.3 is 5.32 Å². The monoisotopic (exact) mass is 432 g/mol. The topological polar surface area (TPSA) is 84.3 Å². The van der Waals surface area contributed by atoms with Crippen LogP contribution in [-0.2, 0) is 10.0 Å². The van der Waals surface area contributed by atoms with E-state index >= 15 is 0 Å². The predicted octanol–water partition coefficient (Wildman–Crippen LogP) is 4.37. The number of carbonyl (C=O) groups is 1. The summed E-state index contributed by atoms with van der Waals surface area (Å²) in [5.74, 6) is 0.332. The smallest absolute Gasteiger partial charge is 0.256 e. The highest BCUT2D eigenvalue weighted by atomic mass is 32.2. The number of carbonyl (C=O) groups excluding carboxylic acids is 1. The Morgan fingerprint density at radius 3 is 2.40 bits per heavy atom. The molecule has 7 nitrogen and oxygen atoms in total. The van der Waals surface area contributed by atoms with Crippen molar-refractivity contribution in [2.75, 3.05) is 11.9 Å². The zero-order valence-corrected chi connectivity index (χ0v) is 19.1. The van der Waals surface area contributed by atoms with Crippen molar-refractivity contribution in [3.8, 4) is 0 Å². The molecule has 1 aliphatic rings. The maximum absolute atomic E-state index is 13.2. The number of sulfonamides is 1. The maximum atomic E-state index is 13.2. The van der Waals surface area contributed by atoms with Crippen LogP contribution in [0, 0.1) is 6.92 Å². The number of aromatic nitrogens is 2. The molecule has 3 rings (SSSR count). The largest absolute Gasteiger partial charge is 0.307 e. The highest BCUT2D eigenvalue weighted by molar-refractivity contribution is 7.89. The average molecular weight is 433 g/mol. The molecule has 1 N–H and O–H groups in total. The van der Waals surface area contributed by atoms with E-state index in [9.17, 15) is 13.2 Å². The van der Waals surface area contributed by atoms with Crippen molar-refractivity contribution < 1.29 is 13.2 Å². The van der Waals surface area contributed by atoms with Crippen LogP contribution >= 0.6 is 0 Å². The summed E-state index contributed by atoms with van der Waals surface area (Å²) >= 11 is 0. The van der Waals surface area contributed by atoms with Crippen molar-refractivity contribution >= 4 is 21.7 Å².